The van der Waals surface area contributed by atoms with E-state index in [1.807, 2.05) is 0 Å². The van der Waals surface area contributed by atoms with Crippen LogP contribution in [0, 0.1) is 0 Å². The first kappa shape index (κ1) is 37.9. The predicted octanol–water partition coefficient (Wildman–Crippen LogP) is -3.09. The van der Waals surface area contributed by atoms with E-state index >= 15 is 0 Å². The van der Waals surface area contributed by atoms with Gasteiger partial charge in [-0.3, -0.25) is 34.3 Å². The number of amides is 7. The summed E-state index contributed by atoms with van der Waals surface area (Å²) in [7, 11) is 2.76. The van der Waals surface area contributed by atoms with E-state index in [1.165, 1.54) is 21.0 Å². The smallest absolute Gasteiger partial charge is 0.326 e. The van der Waals surface area contributed by atoms with Crippen molar-refractivity contribution >= 4 is 47.5 Å². The lowest BCUT2D eigenvalue weighted by Crippen LogP contribution is -2.58. The van der Waals surface area contributed by atoms with Crippen molar-refractivity contribution < 1.29 is 43.8 Å². The van der Waals surface area contributed by atoms with Crippen molar-refractivity contribution in [3.8, 4) is 0 Å². The van der Waals surface area contributed by atoms with Gasteiger partial charge in [0.1, 0.15) is 24.2 Å². The van der Waals surface area contributed by atoms with Crippen LogP contribution in [0.5, 0.6) is 0 Å². The number of likely N-dealkylation sites (N-methyl/N-ethyl adjacent to an activating group) is 1. The summed E-state index contributed by atoms with van der Waals surface area (Å²) in [5, 5.41) is 33.8. The van der Waals surface area contributed by atoms with E-state index in [0.29, 0.717) is 5.56 Å². The van der Waals surface area contributed by atoms with Gasteiger partial charge in [-0.25, -0.2) is 9.59 Å². The van der Waals surface area contributed by atoms with Crippen molar-refractivity contribution in [3.05, 3.63) is 35.9 Å². The van der Waals surface area contributed by atoms with Crippen LogP contribution in [0.3, 0.4) is 0 Å². The maximum Gasteiger partial charge on any atom is 0.326 e. The number of aliphatic imine (C=N–C) groups is 1. The summed E-state index contributed by atoms with van der Waals surface area (Å²) >= 11 is 0. The number of guanidine groups is 1. The van der Waals surface area contributed by atoms with Crippen LogP contribution in [0.1, 0.15) is 38.2 Å². The molecule has 0 bridgehead atoms. The number of aliphatic carboxylic acids is 1. The lowest BCUT2D eigenvalue weighted by molar-refractivity contribution is -0.144. The van der Waals surface area contributed by atoms with Crippen molar-refractivity contribution in [3.63, 3.8) is 0 Å². The molecule has 0 spiro atoms. The maximum atomic E-state index is 13.9. The van der Waals surface area contributed by atoms with Crippen LogP contribution in [0.25, 0.3) is 0 Å². The molecule has 1 saturated heterocycles. The Bertz CT molecular complexity index is 1330. The summed E-state index contributed by atoms with van der Waals surface area (Å²) in [6.07, 6.45) is -1.02. The fourth-order valence-corrected chi connectivity index (χ4v) is 4.60. The Morgan fingerprint density at radius 1 is 1.00 bits per heavy atom. The normalized spacial score (nSPS) is 23.8. The van der Waals surface area contributed by atoms with E-state index < -0.39 is 91.2 Å². The summed E-state index contributed by atoms with van der Waals surface area (Å²) in [5.41, 5.74) is 6.37. The molecule has 5 atom stereocenters. The number of carboxylic acids is 1. The van der Waals surface area contributed by atoms with Crippen molar-refractivity contribution in [1.29, 1.82) is 0 Å². The average Bonchev–Trinajstić information content (AvgIpc) is 3.03. The summed E-state index contributed by atoms with van der Waals surface area (Å²) < 4.78 is 0. The molecule has 0 radical (unpaired) electrons. The molecule has 258 valence electrons. The molecule has 1 aromatic rings. The predicted molar refractivity (Wildman–Crippen MR) is 167 cm³/mol. The number of nitrogens with zero attached hydrogens (tertiary/aromatic N) is 2. The molecular weight excluding hydrogens is 618 g/mol. The molecule has 47 heavy (non-hydrogen) atoms. The molecule has 2 rings (SSSR count). The highest BCUT2D eigenvalue weighted by molar-refractivity contribution is 5.96. The number of carboxylic acid groups (broad SMARTS) is 1. The number of nitrogens with one attached hydrogen (secondary N) is 6. The van der Waals surface area contributed by atoms with Crippen LogP contribution in [0.15, 0.2) is 35.3 Å². The number of rotatable bonds is 8. The number of carbonyl (C=O) groups excluding carboxylic acids is 6. The Kier molecular flexibility index (Phi) is 15.0. The third kappa shape index (κ3) is 12.6. The second-order valence-corrected chi connectivity index (χ2v) is 10.9. The number of nitrogens with two attached hydrogens (primary N) is 1. The van der Waals surface area contributed by atoms with E-state index in [9.17, 15) is 43.8 Å². The lowest BCUT2D eigenvalue weighted by Gasteiger charge is -2.32. The van der Waals surface area contributed by atoms with Gasteiger partial charge in [-0.2, -0.15) is 0 Å². The summed E-state index contributed by atoms with van der Waals surface area (Å²) in [6.45, 7) is 0.685. The number of hydrogen-bond acceptors (Lipinski definition) is 9. The fourth-order valence-electron chi connectivity index (χ4n) is 4.60. The average molecular weight is 662 g/mol. The third-order valence-corrected chi connectivity index (χ3v) is 7.20. The Hall–Kier alpha value is -5.26. The van der Waals surface area contributed by atoms with Gasteiger partial charge in [0, 0.05) is 33.5 Å². The molecule has 0 unspecified atom stereocenters. The molecule has 1 aliphatic rings. The summed E-state index contributed by atoms with van der Waals surface area (Å²) in [4.78, 5) is 94.4. The number of hydrogen-bond donors (Lipinski definition) is 9. The van der Waals surface area contributed by atoms with Gasteiger partial charge in [0.15, 0.2) is 5.96 Å². The SMILES string of the molecule is CNC(=O)NC(N)=NCCC[C@@H]1NC(=O)[C@@H](C)NC(=O)C[C@@H](C(=O)O)NC(=O)C[C@@H](CO)NC(=O)[C@H](Cc2ccccc2)N(C)C1=O. The molecule has 10 N–H and O–H groups in total. The van der Waals surface area contributed by atoms with E-state index in [2.05, 4.69) is 36.9 Å². The van der Waals surface area contributed by atoms with Gasteiger partial charge in [0.25, 0.3) is 0 Å². The quantitative estimate of drug-likeness (QED) is 0.0769. The van der Waals surface area contributed by atoms with Gasteiger partial charge in [0.2, 0.25) is 29.5 Å². The molecule has 1 fully saturated rings. The Balaban J connectivity index is 2.46. The minimum Gasteiger partial charge on any atom is -0.480 e. The topological polar surface area (TPSA) is 274 Å². The van der Waals surface area contributed by atoms with Gasteiger partial charge in [-0.05, 0) is 25.3 Å². The number of urea groups is 1. The summed E-state index contributed by atoms with van der Waals surface area (Å²) in [5.74, 6) is -5.58. The highest BCUT2D eigenvalue weighted by Gasteiger charge is 2.35. The standard InChI is InChI=1S/C29H43N9O9/c1-16-24(42)36-19(10-7-11-32-28(30)37-29(47)31-2)26(44)38(3)21(12-17-8-5-4-6-9-17)25(43)34-18(15-39)13-22(40)35-20(27(45)46)14-23(41)33-16/h4-6,8-9,16,18-21,39H,7,10-15H2,1-3H3,(H,33,41)(H,34,43)(H,35,40)(H,36,42)(H,45,46)(H4,30,31,32,37,47)/t16-,18+,19+,20+,21+/m1/s1. The van der Waals surface area contributed by atoms with Crippen LogP contribution in [-0.2, 0) is 35.2 Å². The maximum absolute atomic E-state index is 13.9. The van der Waals surface area contributed by atoms with Gasteiger partial charge < -0.3 is 47.4 Å². The zero-order valence-corrected chi connectivity index (χ0v) is 26.4. The second kappa shape index (κ2) is 18.6. The van der Waals surface area contributed by atoms with E-state index in [0.717, 1.165) is 4.90 Å². The van der Waals surface area contributed by atoms with Gasteiger partial charge in [-0.1, -0.05) is 30.3 Å². The zero-order valence-electron chi connectivity index (χ0n) is 26.4. The molecule has 0 aliphatic carbocycles. The monoisotopic (exact) mass is 661 g/mol. The van der Waals surface area contributed by atoms with E-state index in [-0.39, 0.29) is 31.8 Å². The van der Waals surface area contributed by atoms with Crippen LogP contribution >= 0.6 is 0 Å². The molecule has 1 aliphatic heterocycles. The molecule has 0 saturated carbocycles. The van der Waals surface area contributed by atoms with E-state index in [4.69, 9.17) is 5.73 Å². The Morgan fingerprint density at radius 2 is 1.66 bits per heavy atom. The van der Waals surface area contributed by atoms with Crippen LogP contribution in [0.4, 0.5) is 4.79 Å². The first-order valence-electron chi connectivity index (χ1n) is 14.9. The minimum atomic E-state index is -1.67. The molecular formula is C29H43N9O9. The van der Waals surface area contributed by atoms with E-state index in [1.54, 1.807) is 30.3 Å². The molecule has 18 nitrogen and oxygen atoms in total. The third-order valence-electron chi connectivity index (χ3n) is 7.20. The molecule has 18 heteroatoms. The molecule has 1 heterocycles. The van der Waals surface area contributed by atoms with Gasteiger partial charge in [0.05, 0.1) is 19.1 Å². The van der Waals surface area contributed by atoms with Crippen LogP contribution in [-0.4, -0.2) is 120 Å². The van der Waals surface area contributed by atoms with Crippen LogP contribution in [0.2, 0.25) is 0 Å². The van der Waals surface area contributed by atoms with Crippen molar-refractivity contribution in [1.82, 2.24) is 36.8 Å². The number of aliphatic hydroxyl groups is 1. The fraction of sp³-hybridized carbons (Fsp3) is 0.517. The van der Waals surface area contributed by atoms with Crippen molar-refractivity contribution in [2.45, 2.75) is 69.2 Å². The first-order chi connectivity index (χ1) is 22.2. The highest BCUT2D eigenvalue weighted by atomic mass is 16.4. The van der Waals surface area contributed by atoms with Crippen molar-refractivity contribution in [2.75, 3.05) is 27.2 Å². The first-order valence-corrected chi connectivity index (χ1v) is 14.9. The number of aliphatic hydroxyl groups excluding tert-OH is 1. The van der Waals surface area contributed by atoms with Gasteiger partial charge in [-0.15, -0.1) is 0 Å². The summed E-state index contributed by atoms with van der Waals surface area (Å²) in [6, 6.07) is 1.73. The minimum absolute atomic E-state index is 0.00475. The van der Waals surface area contributed by atoms with Crippen LogP contribution < -0.4 is 37.6 Å². The Morgan fingerprint density at radius 3 is 2.28 bits per heavy atom. The van der Waals surface area contributed by atoms with Gasteiger partial charge >= 0.3 is 12.0 Å². The largest absolute Gasteiger partial charge is 0.480 e. The highest BCUT2D eigenvalue weighted by Crippen LogP contribution is 2.13. The Labute approximate surface area is 271 Å². The second-order valence-electron chi connectivity index (χ2n) is 10.9. The molecule has 0 aromatic heterocycles. The lowest BCUT2D eigenvalue weighted by atomic mass is 10.0. The zero-order chi connectivity index (χ0) is 35.1. The molecule has 7 amide bonds. The van der Waals surface area contributed by atoms with Crippen molar-refractivity contribution in [2.24, 2.45) is 10.7 Å². The number of benzene rings is 1. The number of carbonyl (C=O) groups is 7. The molecule has 1 aromatic carbocycles.